The summed E-state index contributed by atoms with van der Waals surface area (Å²) in [7, 11) is 0. The van der Waals surface area contributed by atoms with Gasteiger partial charge in [0, 0.05) is 33.1 Å². The molecular formula is C16H20BrIN2O. The summed E-state index contributed by atoms with van der Waals surface area (Å²) in [6, 6.07) is 5.97. The molecule has 1 spiro atoms. The Kier molecular flexibility index (Phi) is 4.90. The molecule has 2 saturated heterocycles. The van der Waals surface area contributed by atoms with E-state index in [2.05, 4.69) is 48.7 Å². The Morgan fingerprint density at radius 3 is 2.90 bits per heavy atom. The molecule has 114 valence electrons. The summed E-state index contributed by atoms with van der Waals surface area (Å²) in [5, 5.41) is 3.52. The van der Waals surface area contributed by atoms with E-state index < -0.39 is 0 Å². The lowest BCUT2D eigenvalue weighted by Gasteiger charge is -2.45. The minimum absolute atomic E-state index is 0.171. The molecule has 2 aliphatic heterocycles. The van der Waals surface area contributed by atoms with Crippen LogP contribution >= 0.6 is 38.5 Å². The van der Waals surface area contributed by atoms with Crippen LogP contribution in [0.1, 0.15) is 36.0 Å². The van der Waals surface area contributed by atoms with Crippen molar-refractivity contribution in [3.8, 4) is 0 Å². The van der Waals surface area contributed by atoms with Gasteiger partial charge in [-0.2, -0.15) is 0 Å². The summed E-state index contributed by atoms with van der Waals surface area (Å²) in [5.74, 6) is 0.171. The summed E-state index contributed by atoms with van der Waals surface area (Å²) in [4.78, 5) is 14.9. The van der Waals surface area contributed by atoms with E-state index in [0.29, 0.717) is 5.41 Å². The van der Waals surface area contributed by atoms with Crippen molar-refractivity contribution >= 4 is 44.4 Å². The Balaban J connectivity index is 1.79. The van der Waals surface area contributed by atoms with Gasteiger partial charge in [0.1, 0.15) is 0 Å². The average molecular weight is 463 g/mol. The SMILES string of the molecule is O=C(c1cc(I)ccc1Br)N1CCCC2(CCCNC2)C1. The number of likely N-dealkylation sites (tertiary alicyclic amines) is 1. The summed E-state index contributed by atoms with van der Waals surface area (Å²) in [6.07, 6.45) is 4.85. The van der Waals surface area contributed by atoms with Crippen molar-refractivity contribution < 1.29 is 4.79 Å². The Morgan fingerprint density at radius 1 is 1.33 bits per heavy atom. The number of hydrogen-bond donors (Lipinski definition) is 1. The highest BCUT2D eigenvalue weighted by molar-refractivity contribution is 14.1. The number of rotatable bonds is 1. The number of halogens is 2. The van der Waals surface area contributed by atoms with E-state index in [1.54, 1.807) is 0 Å². The molecule has 21 heavy (non-hydrogen) atoms. The topological polar surface area (TPSA) is 32.3 Å². The molecule has 3 rings (SSSR count). The largest absolute Gasteiger partial charge is 0.338 e. The van der Waals surface area contributed by atoms with Gasteiger partial charge < -0.3 is 10.2 Å². The van der Waals surface area contributed by atoms with E-state index in [4.69, 9.17) is 0 Å². The van der Waals surface area contributed by atoms with E-state index >= 15 is 0 Å². The molecule has 0 saturated carbocycles. The van der Waals surface area contributed by atoms with Crippen LogP contribution in [0.15, 0.2) is 22.7 Å². The molecule has 2 fully saturated rings. The lowest BCUT2D eigenvalue weighted by Crippen LogP contribution is -2.52. The molecule has 0 radical (unpaired) electrons. The molecule has 2 heterocycles. The zero-order valence-corrected chi connectivity index (χ0v) is 15.7. The predicted molar refractivity (Wildman–Crippen MR) is 96.5 cm³/mol. The summed E-state index contributed by atoms with van der Waals surface area (Å²) in [6.45, 7) is 3.97. The van der Waals surface area contributed by atoms with E-state index in [1.165, 1.54) is 19.3 Å². The van der Waals surface area contributed by atoms with Crippen LogP contribution in [0.2, 0.25) is 0 Å². The third-order valence-corrected chi connectivity index (χ3v) is 6.03. The molecule has 0 aromatic heterocycles. The molecule has 0 aliphatic carbocycles. The van der Waals surface area contributed by atoms with Gasteiger partial charge in [0.15, 0.2) is 0 Å². The van der Waals surface area contributed by atoms with Gasteiger partial charge in [0.05, 0.1) is 5.56 Å². The van der Waals surface area contributed by atoms with E-state index in [1.807, 2.05) is 18.2 Å². The van der Waals surface area contributed by atoms with Crippen molar-refractivity contribution in [1.82, 2.24) is 10.2 Å². The molecule has 1 atom stereocenters. The maximum atomic E-state index is 12.9. The Hall–Kier alpha value is -0.140. The third-order valence-electron chi connectivity index (χ3n) is 4.67. The number of hydrogen-bond acceptors (Lipinski definition) is 2. The number of piperidine rings is 2. The maximum absolute atomic E-state index is 12.9. The predicted octanol–water partition coefficient (Wildman–Crippen LogP) is 3.66. The monoisotopic (exact) mass is 462 g/mol. The summed E-state index contributed by atoms with van der Waals surface area (Å²) < 4.78 is 2.00. The molecule has 1 aromatic carbocycles. The minimum Gasteiger partial charge on any atom is -0.338 e. The van der Waals surface area contributed by atoms with Crippen molar-refractivity contribution in [2.75, 3.05) is 26.2 Å². The van der Waals surface area contributed by atoms with Gasteiger partial charge >= 0.3 is 0 Å². The summed E-state index contributed by atoms with van der Waals surface area (Å²) >= 11 is 5.78. The smallest absolute Gasteiger partial charge is 0.255 e. The fourth-order valence-electron chi connectivity index (χ4n) is 3.59. The van der Waals surface area contributed by atoms with Gasteiger partial charge in [-0.1, -0.05) is 0 Å². The second-order valence-electron chi connectivity index (χ2n) is 6.23. The van der Waals surface area contributed by atoms with Crippen molar-refractivity contribution in [2.24, 2.45) is 5.41 Å². The maximum Gasteiger partial charge on any atom is 0.255 e. The highest BCUT2D eigenvalue weighted by Crippen LogP contribution is 2.36. The second-order valence-corrected chi connectivity index (χ2v) is 8.33. The highest BCUT2D eigenvalue weighted by Gasteiger charge is 2.38. The van der Waals surface area contributed by atoms with Crippen LogP contribution in [0.25, 0.3) is 0 Å². The van der Waals surface area contributed by atoms with Crippen molar-refractivity contribution in [1.29, 1.82) is 0 Å². The Bertz CT molecular complexity index is 538. The van der Waals surface area contributed by atoms with Crippen LogP contribution in [-0.2, 0) is 0 Å². The average Bonchev–Trinajstić information content (AvgIpc) is 2.50. The first-order valence-electron chi connectivity index (χ1n) is 7.55. The van der Waals surface area contributed by atoms with Crippen LogP contribution in [0, 0.1) is 8.99 Å². The quantitative estimate of drug-likeness (QED) is 0.646. The molecule has 1 amide bonds. The molecule has 1 N–H and O–H groups in total. The van der Waals surface area contributed by atoms with Gasteiger partial charge in [0.25, 0.3) is 5.91 Å². The molecule has 3 nitrogen and oxygen atoms in total. The van der Waals surface area contributed by atoms with E-state index in [-0.39, 0.29) is 5.91 Å². The van der Waals surface area contributed by atoms with Crippen LogP contribution in [0.5, 0.6) is 0 Å². The van der Waals surface area contributed by atoms with E-state index in [0.717, 1.165) is 46.2 Å². The van der Waals surface area contributed by atoms with Crippen molar-refractivity contribution in [2.45, 2.75) is 25.7 Å². The Labute approximate surface area is 148 Å². The third kappa shape index (κ3) is 3.45. The lowest BCUT2D eigenvalue weighted by atomic mass is 9.74. The van der Waals surface area contributed by atoms with Gasteiger partial charge in [-0.3, -0.25) is 4.79 Å². The number of carbonyl (C=O) groups is 1. The molecule has 0 bridgehead atoms. The first-order chi connectivity index (χ1) is 10.1. The zero-order valence-electron chi connectivity index (χ0n) is 12.0. The number of nitrogens with one attached hydrogen (secondary N) is 1. The normalized spacial score (nSPS) is 26.1. The minimum atomic E-state index is 0.171. The number of carbonyl (C=O) groups excluding carboxylic acids is 1. The van der Waals surface area contributed by atoms with Crippen LogP contribution in [0.4, 0.5) is 0 Å². The first kappa shape index (κ1) is 15.7. The van der Waals surface area contributed by atoms with Gasteiger partial charge in [0.2, 0.25) is 0 Å². The first-order valence-corrected chi connectivity index (χ1v) is 9.42. The highest BCUT2D eigenvalue weighted by atomic mass is 127. The fourth-order valence-corrected chi connectivity index (χ4v) is 4.50. The molecular weight excluding hydrogens is 443 g/mol. The fraction of sp³-hybridized carbons (Fsp3) is 0.562. The van der Waals surface area contributed by atoms with E-state index in [9.17, 15) is 4.79 Å². The van der Waals surface area contributed by atoms with Crippen molar-refractivity contribution in [3.05, 3.63) is 31.8 Å². The molecule has 1 unspecified atom stereocenters. The lowest BCUT2D eigenvalue weighted by molar-refractivity contribution is 0.0433. The van der Waals surface area contributed by atoms with Crippen LogP contribution < -0.4 is 5.32 Å². The second kappa shape index (κ2) is 6.54. The number of amides is 1. The van der Waals surface area contributed by atoms with Gasteiger partial charge in [-0.05, 0) is 88.9 Å². The van der Waals surface area contributed by atoms with Crippen LogP contribution in [0.3, 0.4) is 0 Å². The zero-order chi connectivity index (χ0) is 14.9. The number of benzene rings is 1. The van der Waals surface area contributed by atoms with Crippen molar-refractivity contribution in [3.63, 3.8) is 0 Å². The Morgan fingerprint density at radius 2 is 2.14 bits per heavy atom. The molecule has 2 aliphatic rings. The van der Waals surface area contributed by atoms with Gasteiger partial charge in [-0.15, -0.1) is 0 Å². The van der Waals surface area contributed by atoms with Gasteiger partial charge in [-0.25, -0.2) is 0 Å². The standard InChI is InChI=1S/C16H20BrIN2O/c17-14-4-3-12(18)9-13(14)15(21)20-8-2-6-16(11-20)5-1-7-19-10-16/h3-4,9,19H,1-2,5-8,10-11H2. The number of nitrogens with zero attached hydrogens (tertiary/aromatic N) is 1. The summed E-state index contributed by atoms with van der Waals surface area (Å²) in [5.41, 5.74) is 1.10. The molecule has 1 aromatic rings. The molecule has 5 heteroatoms. The van der Waals surface area contributed by atoms with Crippen LogP contribution in [-0.4, -0.2) is 37.0 Å².